The maximum Gasteiger partial charge on any atom is 0.254 e. The summed E-state index contributed by atoms with van der Waals surface area (Å²) in [6, 6.07) is 3.28. The molecule has 3 aliphatic rings. The van der Waals surface area contributed by atoms with Crippen LogP contribution < -0.4 is 9.47 Å². The summed E-state index contributed by atoms with van der Waals surface area (Å²) in [5.41, 5.74) is 0.487. The van der Waals surface area contributed by atoms with Crippen molar-refractivity contribution in [2.24, 2.45) is 5.92 Å². The predicted molar refractivity (Wildman–Crippen MR) is 82.8 cm³/mol. The molecule has 0 unspecified atom stereocenters. The minimum atomic E-state index is -0.0938. The number of benzene rings is 1. The maximum absolute atomic E-state index is 12.6. The standard InChI is InChI=1S/C16H17ClN2O4/c17-12-7-11(8-13-14(12)23-9-22-13)16(21)19-5-3-18(4-6-19)15(20)10-1-2-10/h7-8,10H,1-6,9H2. The van der Waals surface area contributed by atoms with Gasteiger partial charge < -0.3 is 19.3 Å². The smallest absolute Gasteiger partial charge is 0.254 e. The minimum Gasteiger partial charge on any atom is -0.454 e. The van der Waals surface area contributed by atoms with Gasteiger partial charge in [0.15, 0.2) is 11.5 Å². The van der Waals surface area contributed by atoms with Gasteiger partial charge in [0.2, 0.25) is 12.7 Å². The summed E-state index contributed by atoms with van der Waals surface area (Å²) >= 11 is 6.14. The molecular weight excluding hydrogens is 320 g/mol. The minimum absolute atomic E-state index is 0.0938. The molecule has 0 N–H and O–H groups in total. The van der Waals surface area contributed by atoms with Crippen molar-refractivity contribution in [3.8, 4) is 11.5 Å². The van der Waals surface area contributed by atoms with E-state index in [1.54, 1.807) is 17.0 Å². The summed E-state index contributed by atoms with van der Waals surface area (Å²) in [5, 5.41) is 0.380. The van der Waals surface area contributed by atoms with E-state index >= 15 is 0 Å². The van der Waals surface area contributed by atoms with Gasteiger partial charge in [0, 0.05) is 37.7 Å². The lowest BCUT2D eigenvalue weighted by molar-refractivity contribution is -0.134. The average molecular weight is 337 g/mol. The molecule has 1 aromatic rings. The van der Waals surface area contributed by atoms with E-state index in [1.165, 1.54) is 0 Å². The fourth-order valence-corrected chi connectivity index (χ4v) is 3.26. The number of fused-ring (bicyclic) bond motifs is 1. The Bertz CT molecular complexity index is 666. The lowest BCUT2D eigenvalue weighted by Gasteiger charge is -2.35. The van der Waals surface area contributed by atoms with Gasteiger partial charge in [0.1, 0.15) is 0 Å². The number of ether oxygens (including phenoxy) is 2. The zero-order valence-electron chi connectivity index (χ0n) is 12.6. The Balaban J connectivity index is 1.44. The number of hydrogen-bond donors (Lipinski definition) is 0. The van der Waals surface area contributed by atoms with E-state index in [9.17, 15) is 9.59 Å². The van der Waals surface area contributed by atoms with E-state index in [0.29, 0.717) is 48.3 Å². The topological polar surface area (TPSA) is 59.1 Å². The van der Waals surface area contributed by atoms with Crippen LogP contribution >= 0.6 is 11.6 Å². The largest absolute Gasteiger partial charge is 0.454 e. The van der Waals surface area contributed by atoms with Gasteiger partial charge in [-0.2, -0.15) is 0 Å². The van der Waals surface area contributed by atoms with Crippen LogP contribution in [0.5, 0.6) is 11.5 Å². The van der Waals surface area contributed by atoms with Crippen LogP contribution in [0.2, 0.25) is 5.02 Å². The normalized spacial score (nSPS) is 19.9. The van der Waals surface area contributed by atoms with Crippen molar-refractivity contribution in [1.29, 1.82) is 0 Å². The Morgan fingerprint density at radius 3 is 2.43 bits per heavy atom. The Kier molecular flexibility index (Phi) is 3.56. The second-order valence-electron chi connectivity index (χ2n) is 6.08. The fourth-order valence-electron chi connectivity index (χ4n) is 2.99. The fraction of sp³-hybridized carbons (Fsp3) is 0.500. The average Bonchev–Trinajstić information content (AvgIpc) is 3.31. The Morgan fingerprint density at radius 1 is 1.04 bits per heavy atom. The highest BCUT2D eigenvalue weighted by Crippen LogP contribution is 2.40. The molecule has 6 nitrogen and oxygen atoms in total. The highest BCUT2D eigenvalue weighted by molar-refractivity contribution is 6.32. The molecule has 2 amide bonds. The lowest BCUT2D eigenvalue weighted by atomic mass is 10.1. The van der Waals surface area contributed by atoms with E-state index in [1.807, 2.05) is 4.90 Å². The number of piperazine rings is 1. The van der Waals surface area contributed by atoms with Crippen LogP contribution in [0.15, 0.2) is 12.1 Å². The van der Waals surface area contributed by atoms with Gasteiger partial charge in [-0.25, -0.2) is 0 Å². The van der Waals surface area contributed by atoms with Crippen molar-refractivity contribution in [3.05, 3.63) is 22.7 Å². The number of amides is 2. The summed E-state index contributed by atoms with van der Waals surface area (Å²) in [4.78, 5) is 28.3. The van der Waals surface area contributed by atoms with Gasteiger partial charge in [-0.1, -0.05) is 11.6 Å². The first-order valence-electron chi connectivity index (χ1n) is 7.80. The van der Waals surface area contributed by atoms with Gasteiger partial charge >= 0.3 is 0 Å². The lowest BCUT2D eigenvalue weighted by Crippen LogP contribution is -2.51. The third-order valence-corrected chi connectivity index (χ3v) is 4.76. The maximum atomic E-state index is 12.6. The zero-order chi connectivity index (χ0) is 16.0. The van der Waals surface area contributed by atoms with E-state index in [-0.39, 0.29) is 24.5 Å². The molecule has 0 spiro atoms. The van der Waals surface area contributed by atoms with Crippen LogP contribution in [-0.4, -0.2) is 54.6 Å². The van der Waals surface area contributed by atoms with Crippen LogP contribution in [-0.2, 0) is 4.79 Å². The molecule has 122 valence electrons. The van der Waals surface area contributed by atoms with Gasteiger partial charge in [0.25, 0.3) is 5.91 Å². The van der Waals surface area contributed by atoms with Crippen LogP contribution in [0.1, 0.15) is 23.2 Å². The van der Waals surface area contributed by atoms with Crippen molar-refractivity contribution >= 4 is 23.4 Å². The third kappa shape index (κ3) is 2.72. The molecular formula is C16H17ClN2O4. The van der Waals surface area contributed by atoms with Crippen LogP contribution in [0, 0.1) is 5.92 Å². The Labute approximate surface area is 138 Å². The molecule has 0 atom stereocenters. The Morgan fingerprint density at radius 2 is 1.74 bits per heavy atom. The molecule has 1 aliphatic carbocycles. The molecule has 4 rings (SSSR count). The van der Waals surface area contributed by atoms with Crippen molar-refractivity contribution in [3.63, 3.8) is 0 Å². The molecule has 1 saturated heterocycles. The molecule has 7 heteroatoms. The molecule has 2 heterocycles. The molecule has 2 fully saturated rings. The number of carbonyl (C=O) groups excluding carboxylic acids is 2. The first kappa shape index (κ1) is 14.6. The second-order valence-corrected chi connectivity index (χ2v) is 6.49. The number of nitrogens with zero attached hydrogens (tertiary/aromatic N) is 2. The van der Waals surface area contributed by atoms with Gasteiger partial charge in [-0.05, 0) is 25.0 Å². The van der Waals surface area contributed by atoms with Crippen LogP contribution in [0.4, 0.5) is 0 Å². The van der Waals surface area contributed by atoms with Crippen LogP contribution in [0.3, 0.4) is 0 Å². The first-order valence-corrected chi connectivity index (χ1v) is 8.18. The van der Waals surface area contributed by atoms with E-state index in [0.717, 1.165) is 12.8 Å². The molecule has 0 radical (unpaired) electrons. The predicted octanol–water partition coefficient (Wildman–Crippen LogP) is 1.76. The van der Waals surface area contributed by atoms with Gasteiger partial charge in [0.05, 0.1) is 5.02 Å². The van der Waals surface area contributed by atoms with Crippen molar-refractivity contribution in [1.82, 2.24) is 9.80 Å². The first-order chi connectivity index (χ1) is 11.1. The molecule has 2 aliphatic heterocycles. The highest BCUT2D eigenvalue weighted by atomic mass is 35.5. The van der Waals surface area contributed by atoms with Gasteiger partial charge in [-0.3, -0.25) is 9.59 Å². The second kappa shape index (κ2) is 5.60. The number of hydrogen-bond acceptors (Lipinski definition) is 4. The van der Waals surface area contributed by atoms with E-state index < -0.39 is 0 Å². The molecule has 1 saturated carbocycles. The van der Waals surface area contributed by atoms with Crippen LogP contribution in [0.25, 0.3) is 0 Å². The zero-order valence-corrected chi connectivity index (χ0v) is 13.3. The third-order valence-electron chi connectivity index (χ3n) is 4.48. The SMILES string of the molecule is O=C(c1cc(Cl)c2c(c1)OCO2)N1CCN(C(=O)C2CC2)CC1. The summed E-state index contributed by atoms with van der Waals surface area (Å²) in [6.45, 7) is 2.40. The van der Waals surface area contributed by atoms with E-state index in [2.05, 4.69) is 0 Å². The monoisotopic (exact) mass is 336 g/mol. The molecule has 1 aromatic carbocycles. The Hall–Kier alpha value is -1.95. The van der Waals surface area contributed by atoms with Crippen molar-refractivity contribution in [2.45, 2.75) is 12.8 Å². The molecule has 0 bridgehead atoms. The summed E-state index contributed by atoms with van der Waals surface area (Å²) in [6.07, 6.45) is 2.02. The number of halogens is 1. The molecule has 0 aromatic heterocycles. The van der Waals surface area contributed by atoms with Crippen molar-refractivity contribution in [2.75, 3.05) is 33.0 Å². The van der Waals surface area contributed by atoms with Crippen molar-refractivity contribution < 1.29 is 19.1 Å². The highest BCUT2D eigenvalue weighted by Gasteiger charge is 2.35. The molecule has 23 heavy (non-hydrogen) atoms. The summed E-state index contributed by atoms with van der Waals surface area (Å²) < 4.78 is 10.6. The van der Waals surface area contributed by atoms with Gasteiger partial charge in [-0.15, -0.1) is 0 Å². The number of carbonyl (C=O) groups is 2. The summed E-state index contributed by atoms with van der Waals surface area (Å²) in [7, 11) is 0. The number of rotatable bonds is 2. The summed E-state index contributed by atoms with van der Waals surface area (Å²) in [5.74, 6) is 1.36. The van der Waals surface area contributed by atoms with E-state index in [4.69, 9.17) is 21.1 Å². The quantitative estimate of drug-likeness (QED) is 0.825.